The third-order valence-electron chi connectivity index (χ3n) is 2.32. The predicted octanol–water partition coefficient (Wildman–Crippen LogP) is 4.39. The average molecular weight is 302 g/mol. The lowest BCUT2D eigenvalue weighted by Crippen LogP contribution is -2.15. The van der Waals surface area contributed by atoms with E-state index in [0.717, 1.165) is 25.9 Å². The molecule has 0 aliphatic heterocycles. The summed E-state index contributed by atoms with van der Waals surface area (Å²) in [5, 5.41) is 3.41. The van der Waals surface area contributed by atoms with Gasteiger partial charge >= 0.3 is 0 Å². The van der Waals surface area contributed by atoms with Crippen LogP contribution in [-0.2, 0) is 6.42 Å². The van der Waals surface area contributed by atoms with Crippen LogP contribution in [-0.4, -0.2) is 13.1 Å². The topological polar surface area (TPSA) is 12.0 Å². The second-order valence-corrected chi connectivity index (χ2v) is 6.52. The molecular weight excluding hydrogens is 282 g/mol. The number of rotatable bonds is 7. The van der Waals surface area contributed by atoms with Crippen molar-refractivity contribution in [3.05, 3.63) is 32.4 Å². The molecule has 0 aromatic carbocycles. The molecule has 0 saturated heterocycles. The molecule has 1 aromatic heterocycles. The van der Waals surface area contributed by atoms with E-state index >= 15 is 0 Å². The molecule has 1 N–H and O–H groups in total. The molecule has 0 saturated carbocycles. The lowest BCUT2D eigenvalue weighted by atomic mass is 10.1. The maximum atomic E-state index is 3.49. The molecule has 1 aromatic rings. The van der Waals surface area contributed by atoms with Crippen molar-refractivity contribution in [3.63, 3.8) is 0 Å². The van der Waals surface area contributed by atoms with Gasteiger partial charge in [0.1, 0.15) is 0 Å². The molecule has 1 rings (SSSR count). The third-order valence-corrected chi connectivity index (χ3v) is 3.95. The zero-order valence-electron chi connectivity index (χ0n) is 10.1. The van der Waals surface area contributed by atoms with Crippen LogP contribution in [0, 0.1) is 0 Å². The molecule has 0 aliphatic carbocycles. The van der Waals surface area contributed by atoms with Crippen molar-refractivity contribution < 1.29 is 0 Å². The maximum Gasteiger partial charge on any atom is 0.0701 e. The van der Waals surface area contributed by atoms with Crippen LogP contribution in [0.25, 0.3) is 0 Å². The highest BCUT2D eigenvalue weighted by Gasteiger charge is 1.98. The van der Waals surface area contributed by atoms with Gasteiger partial charge in [-0.2, -0.15) is 0 Å². The van der Waals surface area contributed by atoms with Crippen LogP contribution in [0.15, 0.2) is 27.6 Å². The molecule has 90 valence electrons. The SMILES string of the molecule is CCCNCCC=C(C)Cc1ccc(Br)s1. The van der Waals surface area contributed by atoms with Crippen LogP contribution >= 0.6 is 27.3 Å². The number of allylic oxidation sites excluding steroid dienone is 1. The molecule has 0 unspecified atom stereocenters. The molecule has 0 bridgehead atoms. The van der Waals surface area contributed by atoms with E-state index in [1.807, 2.05) is 11.3 Å². The molecule has 0 fully saturated rings. The number of nitrogens with one attached hydrogen (secondary N) is 1. The lowest BCUT2D eigenvalue weighted by Gasteiger charge is -2.01. The highest BCUT2D eigenvalue weighted by atomic mass is 79.9. The lowest BCUT2D eigenvalue weighted by molar-refractivity contribution is 0.677. The van der Waals surface area contributed by atoms with Gasteiger partial charge in [-0.1, -0.05) is 18.6 Å². The monoisotopic (exact) mass is 301 g/mol. The van der Waals surface area contributed by atoms with Gasteiger partial charge in [-0.15, -0.1) is 11.3 Å². The minimum absolute atomic E-state index is 1.09. The Hall–Kier alpha value is -0.120. The average Bonchev–Trinajstić information content (AvgIpc) is 2.63. The molecule has 0 spiro atoms. The first kappa shape index (κ1) is 13.9. The van der Waals surface area contributed by atoms with Crippen LogP contribution < -0.4 is 5.32 Å². The smallest absolute Gasteiger partial charge is 0.0701 e. The molecule has 16 heavy (non-hydrogen) atoms. The fourth-order valence-corrected chi connectivity index (χ4v) is 3.09. The van der Waals surface area contributed by atoms with E-state index < -0.39 is 0 Å². The van der Waals surface area contributed by atoms with E-state index in [0.29, 0.717) is 0 Å². The molecule has 0 atom stereocenters. The summed E-state index contributed by atoms with van der Waals surface area (Å²) in [4.78, 5) is 1.43. The summed E-state index contributed by atoms with van der Waals surface area (Å²) in [6, 6.07) is 4.32. The highest BCUT2D eigenvalue weighted by molar-refractivity contribution is 9.11. The van der Waals surface area contributed by atoms with Crippen LogP contribution in [0.1, 0.15) is 31.6 Å². The Morgan fingerprint density at radius 3 is 2.88 bits per heavy atom. The normalized spacial score (nSPS) is 12.1. The van der Waals surface area contributed by atoms with Gasteiger partial charge in [0, 0.05) is 11.3 Å². The Bertz CT molecular complexity index is 330. The Morgan fingerprint density at radius 1 is 1.44 bits per heavy atom. The first-order chi connectivity index (χ1) is 7.72. The second kappa shape index (κ2) is 8.04. The first-order valence-electron chi connectivity index (χ1n) is 5.83. The molecule has 0 radical (unpaired) electrons. The van der Waals surface area contributed by atoms with Gasteiger partial charge in [-0.3, -0.25) is 0 Å². The van der Waals surface area contributed by atoms with Gasteiger partial charge in [0.15, 0.2) is 0 Å². The Morgan fingerprint density at radius 2 is 2.25 bits per heavy atom. The molecule has 3 heteroatoms. The summed E-state index contributed by atoms with van der Waals surface area (Å²) >= 11 is 5.32. The zero-order chi connectivity index (χ0) is 11.8. The predicted molar refractivity (Wildman–Crippen MR) is 77.3 cm³/mol. The van der Waals surface area contributed by atoms with Gasteiger partial charge in [-0.05, 0) is 60.9 Å². The van der Waals surface area contributed by atoms with Crippen LogP contribution in [0.4, 0.5) is 0 Å². The molecule has 1 nitrogen and oxygen atoms in total. The molecular formula is C13H20BrNS. The van der Waals surface area contributed by atoms with E-state index in [-0.39, 0.29) is 0 Å². The second-order valence-electron chi connectivity index (χ2n) is 3.97. The van der Waals surface area contributed by atoms with Gasteiger partial charge in [-0.25, -0.2) is 0 Å². The van der Waals surface area contributed by atoms with E-state index in [2.05, 4.69) is 53.3 Å². The third kappa shape index (κ3) is 5.83. The minimum atomic E-state index is 1.09. The summed E-state index contributed by atoms with van der Waals surface area (Å²) in [5.74, 6) is 0. The Labute approximate surface area is 111 Å². The van der Waals surface area contributed by atoms with Crippen molar-refractivity contribution in [3.8, 4) is 0 Å². The number of hydrogen-bond acceptors (Lipinski definition) is 2. The largest absolute Gasteiger partial charge is 0.316 e. The highest BCUT2D eigenvalue weighted by Crippen LogP contribution is 2.24. The van der Waals surface area contributed by atoms with Crippen molar-refractivity contribution >= 4 is 27.3 Å². The van der Waals surface area contributed by atoms with E-state index in [1.54, 1.807) is 0 Å². The Kier molecular flexibility index (Phi) is 7.01. The van der Waals surface area contributed by atoms with Gasteiger partial charge < -0.3 is 5.32 Å². The fraction of sp³-hybridized carbons (Fsp3) is 0.538. The number of hydrogen-bond donors (Lipinski definition) is 1. The van der Waals surface area contributed by atoms with Crippen LogP contribution in [0.3, 0.4) is 0 Å². The summed E-state index contributed by atoms with van der Waals surface area (Å²) in [6.07, 6.45) is 5.78. The van der Waals surface area contributed by atoms with Crippen molar-refractivity contribution in [2.75, 3.05) is 13.1 Å². The Balaban J connectivity index is 2.23. The summed E-state index contributed by atoms with van der Waals surface area (Å²) < 4.78 is 1.22. The van der Waals surface area contributed by atoms with Crippen LogP contribution in [0.5, 0.6) is 0 Å². The molecule has 0 aliphatic rings. The van der Waals surface area contributed by atoms with Crippen LogP contribution in [0.2, 0.25) is 0 Å². The van der Waals surface area contributed by atoms with E-state index in [4.69, 9.17) is 0 Å². The van der Waals surface area contributed by atoms with Crippen molar-refractivity contribution in [2.45, 2.75) is 33.1 Å². The first-order valence-corrected chi connectivity index (χ1v) is 7.44. The molecule has 0 amide bonds. The summed E-state index contributed by atoms with van der Waals surface area (Å²) in [7, 11) is 0. The van der Waals surface area contributed by atoms with E-state index in [9.17, 15) is 0 Å². The van der Waals surface area contributed by atoms with Crippen molar-refractivity contribution in [2.24, 2.45) is 0 Å². The quantitative estimate of drug-likeness (QED) is 0.582. The fourth-order valence-electron chi connectivity index (χ4n) is 1.52. The molecule has 1 heterocycles. The van der Waals surface area contributed by atoms with E-state index in [1.165, 1.54) is 20.7 Å². The summed E-state index contributed by atoms with van der Waals surface area (Å²) in [5.41, 5.74) is 1.47. The van der Waals surface area contributed by atoms with Gasteiger partial charge in [0.25, 0.3) is 0 Å². The van der Waals surface area contributed by atoms with Crippen molar-refractivity contribution in [1.29, 1.82) is 0 Å². The minimum Gasteiger partial charge on any atom is -0.316 e. The van der Waals surface area contributed by atoms with Gasteiger partial charge in [0.2, 0.25) is 0 Å². The maximum absolute atomic E-state index is 3.49. The standard InChI is InChI=1S/C13H20BrNS/c1-3-8-15-9-4-5-11(2)10-12-6-7-13(14)16-12/h5-7,15H,3-4,8-10H2,1-2H3. The van der Waals surface area contributed by atoms with Crippen molar-refractivity contribution in [1.82, 2.24) is 5.32 Å². The summed E-state index contributed by atoms with van der Waals surface area (Å²) in [6.45, 7) is 6.64. The van der Waals surface area contributed by atoms with Gasteiger partial charge in [0.05, 0.1) is 3.79 Å². The number of thiophene rings is 1. The number of halogens is 1. The zero-order valence-corrected chi connectivity index (χ0v) is 12.5.